The van der Waals surface area contributed by atoms with Crippen LogP contribution in [0.4, 0.5) is 0 Å². The summed E-state index contributed by atoms with van der Waals surface area (Å²) in [4.78, 5) is 31.4. The molecule has 6 heteroatoms. The Kier molecular flexibility index (Phi) is 9.64. The molecular weight excluding hydrogens is 212 g/mol. The highest BCUT2D eigenvalue weighted by atomic mass is 16.7. The van der Waals surface area contributed by atoms with E-state index in [0.717, 1.165) is 12.8 Å². The molecule has 0 heterocycles. The van der Waals surface area contributed by atoms with Crippen LogP contribution < -0.4 is 11.0 Å². The molecule has 16 heavy (non-hydrogen) atoms. The van der Waals surface area contributed by atoms with Crippen molar-refractivity contribution in [2.24, 2.45) is 0 Å². The van der Waals surface area contributed by atoms with E-state index < -0.39 is 11.9 Å². The number of carbonyl (C=O) groups is 2. The van der Waals surface area contributed by atoms with Gasteiger partial charge in [-0.15, -0.1) is 0 Å². The molecule has 0 aliphatic carbocycles. The summed E-state index contributed by atoms with van der Waals surface area (Å²) < 4.78 is 0. The molecule has 94 valence electrons. The van der Waals surface area contributed by atoms with Gasteiger partial charge in [-0.25, -0.2) is 0 Å². The Balaban J connectivity index is 3.40. The zero-order valence-corrected chi connectivity index (χ0v) is 9.88. The molecule has 0 saturated heterocycles. The summed E-state index contributed by atoms with van der Waals surface area (Å²) in [5, 5.41) is 0. The Bertz CT molecular complexity index is 187. The molecule has 0 unspecified atom stereocenters. The molecule has 0 spiro atoms. The summed E-state index contributed by atoms with van der Waals surface area (Å²) in [6, 6.07) is 0. The highest BCUT2D eigenvalue weighted by molar-refractivity contribution is 5.77. The van der Waals surface area contributed by atoms with Gasteiger partial charge in [0.05, 0.1) is 12.8 Å². The largest absolute Gasteiger partial charge is 0.371 e. The molecule has 0 bridgehead atoms. The standard InChI is InChI=1S/C10H20N2O4/c1-3-7-11-15-9(13)5-6-10(14)16-12-8-4-2/h11-12H,3-8H2,1-2H3. The first-order valence-corrected chi connectivity index (χ1v) is 5.55. The number of nitrogens with one attached hydrogen (secondary N) is 2. The maximum absolute atomic E-state index is 11.0. The lowest BCUT2D eigenvalue weighted by Crippen LogP contribution is -2.23. The van der Waals surface area contributed by atoms with Crippen molar-refractivity contribution in [3.63, 3.8) is 0 Å². The van der Waals surface area contributed by atoms with Crippen LogP contribution in [0.3, 0.4) is 0 Å². The monoisotopic (exact) mass is 232 g/mol. The average Bonchev–Trinajstić information content (AvgIpc) is 2.27. The van der Waals surface area contributed by atoms with Crippen molar-refractivity contribution in [2.45, 2.75) is 39.5 Å². The van der Waals surface area contributed by atoms with Crippen molar-refractivity contribution in [2.75, 3.05) is 13.1 Å². The second-order valence-electron chi connectivity index (χ2n) is 3.24. The van der Waals surface area contributed by atoms with Gasteiger partial charge in [-0.1, -0.05) is 13.8 Å². The Labute approximate surface area is 95.6 Å². The molecule has 0 aromatic carbocycles. The van der Waals surface area contributed by atoms with Crippen LogP contribution in [0.15, 0.2) is 0 Å². The maximum atomic E-state index is 11.0. The number of hydroxylamine groups is 2. The summed E-state index contributed by atoms with van der Waals surface area (Å²) in [5.74, 6) is -0.915. The predicted octanol–water partition coefficient (Wildman–Crippen LogP) is 0.682. The first-order valence-electron chi connectivity index (χ1n) is 5.55. The van der Waals surface area contributed by atoms with E-state index in [9.17, 15) is 9.59 Å². The van der Waals surface area contributed by atoms with Crippen LogP contribution >= 0.6 is 0 Å². The van der Waals surface area contributed by atoms with Gasteiger partial charge in [0.25, 0.3) is 0 Å². The Morgan fingerprint density at radius 2 is 1.25 bits per heavy atom. The van der Waals surface area contributed by atoms with E-state index in [1.165, 1.54) is 0 Å². The number of carbonyl (C=O) groups excluding carboxylic acids is 2. The smallest absolute Gasteiger partial charge is 0.325 e. The molecule has 0 amide bonds. The summed E-state index contributed by atoms with van der Waals surface area (Å²) in [6.45, 7) is 5.12. The quantitative estimate of drug-likeness (QED) is 0.450. The van der Waals surface area contributed by atoms with E-state index in [-0.39, 0.29) is 12.8 Å². The van der Waals surface area contributed by atoms with Crippen LogP contribution in [0.1, 0.15) is 39.5 Å². The summed E-state index contributed by atoms with van der Waals surface area (Å²) in [5.41, 5.74) is 4.99. The number of hydrogen-bond acceptors (Lipinski definition) is 6. The van der Waals surface area contributed by atoms with Gasteiger partial charge < -0.3 is 9.68 Å². The summed E-state index contributed by atoms with van der Waals surface area (Å²) in [7, 11) is 0. The minimum atomic E-state index is -0.458. The van der Waals surface area contributed by atoms with Crippen molar-refractivity contribution < 1.29 is 19.3 Å². The maximum Gasteiger partial charge on any atom is 0.325 e. The molecule has 0 radical (unpaired) electrons. The van der Waals surface area contributed by atoms with Crippen LogP contribution in [0, 0.1) is 0 Å². The number of hydrogen-bond donors (Lipinski definition) is 2. The fraction of sp³-hybridized carbons (Fsp3) is 0.800. The lowest BCUT2D eigenvalue weighted by Gasteiger charge is -2.05. The lowest BCUT2D eigenvalue weighted by molar-refractivity contribution is -0.158. The van der Waals surface area contributed by atoms with Gasteiger partial charge >= 0.3 is 11.9 Å². The van der Waals surface area contributed by atoms with Gasteiger partial charge in [0.1, 0.15) is 0 Å². The lowest BCUT2D eigenvalue weighted by atomic mass is 10.3. The molecule has 0 aromatic heterocycles. The van der Waals surface area contributed by atoms with Crippen molar-refractivity contribution in [1.82, 2.24) is 11.0 Å². The second-order valence-corrected chi connectivity index (χ2v) is 3.24. The SMILES string of the molecule is CCCNOC(=O)CCC(=O)ONCCC. The topological polar surface area (TPSA) is 76.7 Å². The Morgan fingerprint density at radius 1 is 0.875 bits per heavy atom. The van der Waals surface area contributed by atoms with Gasteiger partial charge in [-0.3, -0.25) is 9.59 Å². The molecular formula is C10H20N2O4. The van der Waals surface area contributed by atoms with Crippen molar-refractivity contribution >= 4 is 11.9 Å². The van der Waals surface area contributed by atoms with E-state index >= 15 is 0 Å². The van der Waals surface area contributed by atoms with E-state index in [1.54, 1.807) is 0 Å². The minimum Gasteiger partial charge on any atom is -0.371 e. The third-order valence-corrected chi connectivity index (χ3v) is 1.61. The third-order valence-electron chi connectivity index (χ3n) is 1.61. The Morgan fingerprint density at radius 3 is 1.56 bits per heavy atom. The third kappa shape index (κ3) is 9.42. The molecule has 6 nitrogen and oxygen atoms in total. The normalized spacial score (nSPS) is 9.88. The predicted molar refractivity (Wildman–Crippen MR) is 58.0 cm³/mol. The second kappa shape index (κ2) is 10.4. The molecule has 0 aromatic rings. The molecule has 0 fully saturated rings. The zero-order chi connectivity index (χ0) is 12.2. The van der Waals surface area contributed by atoms with E-state index in [1.807, 2.05) is 13.8 Å². The van der Waals surface area contributed by atoms with Crippen LogP contribution in [0.25, 0.3) is 0 Å². The van der Waals surface area contributed by atoms with Crippen LogP contribution in [-0.2, 0) is 19.3 Å². The molecule has 0 aliphatic rings. The minimum absolute atomic E-state index is 0.0172. The number of rotatable bonds is 9. The highest BCUT2D eigenvalue weighted by Crippen LogP contribution is 1.93. The summed E-state index contributed by atoms with van der Waals surface area (Å²) in [6.07, 6.45) is 1.78. The molecule has 0 saturated carbocycles. The van der Waals surface area contributed by atoms with Gasteiger partial charge in [-0.05, 0) is 12.8 Å². The van der Waals surface area contributed by atoms with Gasteiger partial charge in [0.15, 0.2) is 0 Å². The van der Waals surface area contributed by atoms with Gasteiger partial charge in [0.2, 0.25) is 0 Å². The fourth-order valence-corrected chi connectivity index (χ4v) is 0.773. The average molecular weight is 232 g/mol. The van der Waals surface area contributed by atoms with Crippen LogP contribution in [-0.4, -0.2) is 25.0 Å². The van der Waals surface area contributed by atoms with Crippen LogP contribution in [0.5, 0.6) is 0 Å². The first kappa shape index (κ1) is 14.9. The molecule has 0 rings (SSSR count). The van der Waals surface area contributed by atoms with Crippen LogP contribution in [0.2, 0.25) is 0 Å². The first-order chi connectivity index (χ1) is 7.70. The zero-order valence-electron chi connectivity index (χ0n) is 9.88. The molecule has 2 N–H and O–H groups in total. The van der Waals surface area contributed by atoms with E-state index in [0.29, 0.717) is 13.1 Å². The van der Waals surface area contributed by atoms with Gasteiger partial charge in [0, 0.05) is 13.1 Å². The molecule has 0 atom stereocenters. The highest BCUT2D eigenvalue weighted by Gasteiger charge is 2.08. The summed E-state index contributed by atoms with van der Waals surface area (Å²) >= 11 is 0. The van der Waals surface area contributed by atoms with Gasteiger partial charge in [-0.2, -0.15) is 11.0 Å². The van der Waals surface area contributed by atoms with Crippen molar-refractivity contribution in [3.05, 3.63) is 0 Å². The van der Waals surface area contributed by atoms with E-state index in [4.69, 9.17) is 0 Å². The fourth-order valence-electron chi connectivity index (χ4n) is 0.773. The van der Waals surface area contributed by atoms with E-state index in [2.05, 4.69) is 20.6 Å². The van der Waals surface area contributed by atoms with Crippen molar-refractivity contribution in [1.29, 1.82) is 0 Å². The molecule has 0 aliphatic heterocycles. The Hall–Kier alpha value is -1.14. The van der Waals surface area contributed by atoms with Crippen molar-refractivity contribution in [3.8, 4) is 0 Å².